The van der Waals surface area contributed by atoms with Gasteiger partial charge in [-0.05, 0) is 61.8 Å². The van der Waals surface area contributed by atoms with Crippen LogP contribution >= 0.6 is 23.5 Å². The van der Waals surface area contributed by atoms with Gasteiger partial charge < -0.3 is 0 Å². The fraction of sp³-hybridized carbons (Fsp3) is 0.538. The van der Waals surface area contributed by atoms with Gasteiger partial charge in [0.1, 0.15) is 0 Å². The van der Waals surface area contributed by atoms with Crippen molar-refractivity contribution < 1.29 is 0 Å². The van der Waals surface area contributed by atoms with E-state index >= 15 is 0 Å². The van der Waals surface area contributed by atoms with Crippen LogP contribution in [0.25, 0.3) is 10.8 Å². The first kappa shape index (κ1) is 19.4. The van der Waals surface area contributed by atoms with Crippen LogP contribution in [0.1, 0.15) is 65.2 Å². The third-order valence-electron chi connectivity index (χ3n) is 7.66. The van der Waals surface area contributed by atoms with E-state index in [2.05, 4.69) is 38.1 Å². The molecular formula is C26H30N2S2. The van der Waals surface area contributed by atoms with Crippen LogP contribution in [-0.2, 0) is 0 Å². The summed E-state index contributed by atoms with van der Waals surface area (Å²) in [5, 5.41) is 5.38. The average Bonchev–Trinajstić information content (AvgIpc) is 2.78. The van der Waals surface area contributed by atoms with Crippen LogP contribution in [0.4, 0.5) is 11.4 Å². The molecule has 6 rings (SSSR count). The van der Waals surface area contributed by atoms with Gasteiger partial charge in [0.25, 0.3) is 0 Å². The van der Waals surface area contributed by atoms with Crippen LogP contribution in [0.2, 0.25) is 0 Å². The molecule has 0 radical (unpaired) electrons. The second kappa shape index (κ2) is 7.70. The molecule has 0 bridgehead atoms. The normalized spacial score (nSPS) is 30.7. The summed E-state index contributed by atoms with van der Waals surface area (Å²) in [6.45, 7) is 4.79. The molecule has 2 saturated carbocycles. The molecule has 2 aliphatic carbocycles. The number of hydrogen-bond acceptors (Lipinski definition) is 4. The first-order valence-electron chi connectivity index (χ1n) is 11.8. The van der Waals surface area contributed by atoms with Crippen LogP contribution < -0.4 is 0 Å². The smallest absolute Gasteiger partial charge is 0.0817 e. The third kappa shape index (κ3) is 3.35. The number of hydrogen-bond donors (Lipinski definition) is 0. The summed E-state index contributed by atoms with van der Waals surface area (Å²) in [6.07, 6.45) is 10.6. The molecule has 0 aromatic heterocycles. The Labute approximate surface area is 188 Å². The van der Waals surface area contributed by atoms with E-state index in [-0.39, 0.29) is 0 Å². The fourth-order valence-electron chi connectivity index (χ4n) is 5.63. The summed E-state index contributed by atoms with van der Waals surface area (Å²) in [5.74, 6) is 3.06. The fourth-order valence-corrected chi connectivity index (χ4v) is 8.06. The molecule has 0 spiro atoms. The minimum Gasteiger partial charge on any atom is -0.245 e. The topological polar surface area (TPSA) is 24.7 Å². The summed E-state index contributed by atoms with van der Waals surface area (Å²) < 4.78 is 0. The van der Waals surface area contributed by atoms with E-state index in [4.69, 9.17) is 9.98 Å². The summed E-state index contributed by atoms with van der Waals surface area (Å²) in [6, 6.07) is 9.18. The Hall–Kier alpha value is -1.26. The second-order valence-electron chi connectivity index (χ2n) is 9.93. The second-order valence-corrected chi connectivity index (χ2v) is 12.1. The molecule has 0 N–H and O–H groups in total. The van der Waals surface area contributed by atoms with Gasteiger partial charge in [0.2, 0.25) is 0 Å². The molecule has 0 unspecified atom stereocenters. The lowest BCUT2D eigenvalue weighted by Gasteiger charge is -2.31. The van der Waals surface area contributed by atoms with Gasteiger partial charge >= 0.3 is 0 Å². The van der Waals surface area contributed by atoms with Crippen molar-refractivity contribution in [3.05, 3.63) is 24.3 Å². The first-order valence-corrected chi connectivity index (χ1v) is 13.4. The lowest BCUT2D eigenvalue weighted by molar-refractivity contribution is 0.346. The van der Waals surface area contributed by atoms with E-state index in [9.17, 15) is 0 Å². The quantitative estimate of drug-likeness (QED) is 0.472. The van der Waals surface area contributed by atoms with Crippen molar-refractivity contribution in [3.8, 4) is 0 Å². The van der Waals surface area contributed by atoms with E-state index in [0.717, 1.165) is 11.8 Å². The highest BCUT2D eigenvalue weighted by Gasteiger charge is 2.30. The predicted molar refractivity (Wildman–Crippen MR) is 132 cm³/mol. The van der Waals surface area contributed by atoms with Gasteiger partial charge in [0.15, 0.2) is 0 Å². The molecule has 30 heavy (non-hydrogen) atoms. The van der Waals surface area contributed by atoms with Crippen molar-refractivity contribution in [2.24, 2.45) is 33.7 Å². The van der Waals surface area contributed by atoms with E-state index in [1.54, 1.807) is 0 Å². The molecule has 2 aromatic carbocycles. The Morgan fingerprint density at radius 3 is 1.40 bits per heavy atom. The lowest BCUT2D eigenvalue weighted by Crippen LogP contribution is -2.20. The van der Waals surface area contributed by atoms with E-state index < -0.39 is 0 Å². The predicted octanol–water partition coefficient (Wildman–Crippen LogP) is 8.76. The Bertz CT molecular complexity index is 969. The molecule has 0 amide bonds. The number of thioether (sulfide) groups is 2. The van der Waals surface area contributed by atoms with E-state index in [1.165, 1.54) is 93.4 Å². The van der Waals surface area contributed by atoms with Crippen molar-refractivity contribution in [2.45, 2.75) is 75.0 Å². The summed E-state index contributed by atoms with van der Waals surface area (Å²) in [5.41, 5.74) is 2.34. The molecule has 0 atom stereocenters. The Morgan fingerprint density at radius 1 is 0.600 bits per heavy atom. The van der Waals surface area contributed by atoms with Crippen LogP contribution in [0.3, 0.4) is 0 Å². The molecule has 4 aliphatic rings. The van der Waals surface area contributed by atoms with Crippen LogP contribution in [0.15, 0.2) is 44.0 Å². The standard InChI is InChI=1S/C26H30N2S2/c1-15-3-7-17(8-4-15)25-27-19-11-14-22-24-20(12-13-21(29-25)23(19)24)28-26(30-22)18-9-5-16(2)6-10-18/h11-18H,3-10H2,1-2H3. The monoisotopic (exact) mass is 434 g/mol. The highest BCUT2D eigenvalue weighted by molar-refractivity contribution is 8.14. The van der Waals surface area contributed by atoms with Crippen LogP contribution in [0, 0.1) is 23.7 Å². The van der Waals surface area contributed by atoms with Crippen LogP contribution in [-0.4, -0.2) is 10.1 Å². The van der Waals surface area contributed by atoms with Crippen molar-refractivity contribution >= 4 is 55.8 Å². The Kier molecular flexibility index (Phi) is 4.99. The van der Waals surface area contributed by atoms with Gasteiger partial charge in [0, 0.05) is 32.4 Å². The van der Waals surface area contributed by atoms with Gasteiger partial charge in [-0.25, -0.2) is 9.98 Å². The molecular weight excluding hydrogens is 404 g/mol. The van der Waals surface area contributed by atoms with Gasteiger partial charge in [0.05, 0.1) is 21.5 Å². The number of rotatable bonds is 2. The number of benzene rings is 2. The minimum atomic E-state index is 0.648. The Morgan fingerprint density at radius 2 is 1.00 bits per heavy atom. The van der Waals surface area contributed by atoms with Gasteiger partial charge in [-0.3, -0.25) is 0 Å². The maximum Gasteiger partial charge on any atom is 0.0817 e. The van der Waals surface area contributed by atoms with Crippen LogP contribution in [0.5, 0.6) is 0 Å². The average molecular weight is 435 g/mol. The molecule has 2 aliphatic heterocycles. The maximum absolute atomic E-state index is 5.19. The van der Waals surface area contributed by atoms with Gasteiger partial charge in [-0.15, -0.1) is 0 Å². The molecule has 2 heterocycles. The van der Waals surface area contributed by atoms with Gasteiger partial charge in [-0.1, -0.05) is 63.1 Å². The number of nitrogens with zero attached hydrogens (tertiary/aromatic N) is 2. The van der Waals surface area contributed by atoms with Crippen molar-refractivity contribution in [3.63, 3.8) is 0 Å². The first-order chi connectivity index (χ1) is 14.7. The summed E-state index contributed by atoms with van der Waals surface area (Å²) >= 11 is 3.86. The molecule has 4 heteroatoms. The zero-order valence-corrected chi connectivity index (χ0v) is 19.6. The van der Waals surface area contributed by atoms with E-state index in [1.807, 2.05) is 23.5 Å². The summed E-state index contributed by atoms with van der Waals surface area (Å²) in [7, 11) is 0. The maximum atomic E-state index is 5.19. The Balaban J connectivity index is 1.37. The molecule has 2 nitrogen and oxygen atoms in total. The zero-order chi connectivity index (χ0) is 20.2. The van der Waals surface area contributed by atoms with Crippen molar-refractivity contribution in [2.75, 3.05) is 0 Å². The zero-order valence-electron chi connectivity index (χ0n) is 18.0. The third-order valence-corrected chi connectivity index (χ3v) is 10.0. The van der Waals surface area contributed by atoms with Crippen molar-refractivity contribution in [1.29, 1.82) is 0 Å². The highest BCUT2D eigenvalue weighted by atomic mass is 32.2. The largest absolute Gasteiger partial charge is 0.245 e. The minimum absolute atomic E-state index is 0.648. The van der Waals surface area contributed by atoms with E-state index in [0.29, 0.717) is 11.8 Å². The van der Waals surface area contributed by atoms with Crippen molar-refractivity contribution in [1.82, 2.24) is 0 Å². The molecule has 156 valence electrons. The lowest BCUT2D eigenvalue weighted by atomic mass is 9.83. The highest BCUT2D eigenvalue weighted by Crippen LogP contribution is 2.52. The SMILES string of the molecule is CC1CCC(C2=Nc3ccc4c5c(ccc(c35)S2)N=C(C2CCC(C)CC2)S4)CC1. The summed E-state index contributed by atoms with van der Waals surface area (Å²) in [4.78, 5) is 13.2. The molecule has 0 saturated heterocycles. The number of aliphatic imine (C=N–C) groups is 2. The van der Waals surface area contributed by atoms with Gasteiger partial charge in [-0.2, -0.15) is 0 Å². The molecule has 2 aromatic rings. The molecule has 2 fully saturated rings.